The Hall–Kier alpha value is -0.0800. The Kier molecular flexibility index (Phi) is 5.30. The number of hydrogen-bond donors (Lipinski definition) is 1. The van der Waals surface area contributed by atoms with Crippen LogP contribution in [-0.4, -0.2) is 24.8 Å². The quantitative estimate of drug-likeness (QED) is 0.793. The second-order valence-electron chi connectivity index (χ2n) is 6.00. The first-order valence-electron chi connectivity index (χ1n) is 7.67. The van der Waals surface area contributed by atoms with E-state index in [9.17, 15) is 0 Å². The molecule has 1 saturated heterocycles. The fourth-order valence-corrected chi connectivity index (χ4v) is 3.52. The first kappa shape index (κ1) is 13.4. The van der Waals surface area contributed by atoms with Crippen molar-refractivity contribution >= 4 is 0 Å². The van der Waals surface area contributed by atoms with E-state index in [0.29, 0.717) is 18.2 Å². The average molecular weight is 239 g/mol. The minimum Gasteiger partial charge on any atom is -0.378 e. The van der Waals surface area contributed by atoms with Gasteiger partial charge in [0.15, 0.2) is 0 Å². The highest BCUT2D eigenvalue weighted by Crippen LogP contribution is 2.28. The molecule has 0 aromatic rings. The van der Waals surface area contributed by atoms with Crippen LogP contribution in [0.25, 0.3) is 0 Å². The van der Waals surface area contributed by atoms with Gasteiger partial charge in [-0.1, -0.05) is 26.2 Å². The second kappa shape index (κ2) is 6.75. The number of rotatable bonds is 5. The van der Waals surface area contributed by atoms with Gasteiger partial charge in [0.2, 0.25) is 0 Å². The molecular formula is C15H29NO. The summed E-state index contributed by atoms with van der Waals surface area (Å²) in [6.07, 6.45) is 11.2. The highest BCUT2D eigenvalue weighted by molar-refractivity contribution is 4.83. The summed E-state index contributed by atoms with van der Waals surface area (Å²) >= 11 is 0. The van der Waals surface area contributed by atoms with Crippen LogP contribution in [0.1, 0.15) is 65.2 Å². The molecule has 1 aliphatic carbocycles. The lowest BCUT2D eigenvalue weighted by molar-refractivity contribution is -0.00580. The summed E-state index contributed by atoms with van der Waals surface area (Å²) in [5, 5.41) is 3.87. The molecule has 0 spiro atoms. The summed E-state index contributed by atoms with van der Waals surface area (Å²) in [6, 6.07) is 1.42. The number of hydrogen-bond acceptors (Lipinski definition) is 2. The van der Waals surface area contributed by atoms with Gasteiger partial charge in [0.1, 0.15) is 0 Å². The summed E-state index contributed by atoms with van der Waals surface area (Å²) in [7, 11) is 0. The Balaban J connectivity index is 1.73. The van der Waals surface area contributed by atoms with E-state index in [0.717, 1.165) is 12.5 Å². The Morgan fingerprint density at radius 2 is 2.00 bits per heavy atom. The van der Waals surface area contributed by atoms with Crippen molar-refractivity contribution in [3.63, 3.8) is 0 Å². The molecule has 3 atom stereocenters. The predicted molar refractivity (Wildman–Crippen MR) is 72.2 cm³/mol. The van der Waals surface area contributed by atoms with Gasteiger partial charge >= 0.3 is 0 Å². The van der Waals surface area contributed by atoms with Crippen molar-refractivity contribution in [3.05, 3.63) is 0 Å². The molecule has 1 N–H and O–H groups in total. The molecule has 0 amide bonds. The van der Waals surface area contributed by atoms with Crippen LogP contribution < -0.4 is 5.32 Å². The summed E-state index contributed by atoms with van der Waals surface area (Å²) in [5.74, 6) is 0.933. The zero-order valence-corrected chi connectivity index (χ0v) is 11.6. The van der Waals surface area contributed by atoms with Gasteiger partial charge in [-0.25, -0.2) is 0 Å². The lowest BCUT2D eigenvalue weighted by atomic mass is 9.95. The van der Waals surface area contributed by atoms with Crippen molar-refractivity contribution in [2.45, 2.75) is 83.4 Å². The third kappa shape index (κ3) is 3.96. The molecule has 100 valence electrons. The minimum atomic E-state index is 0.516. The van der Waals surface area contributed by atoms with E-state index < -0.39 is 0 Å². The van der Waals surface area contributed by atoms with Gasteiger partial charge in [-0.3, -0.25) is 0 Å². The highest BCUT2D eigenvalue weighted by Gasteiger charge is 2.27. The van der Waals surface area contributed by atoms with Crippen LogP contribution in [-0.2, 0) is 4.74 Å². The maximum absolute atomic E-state index is 5.82. The molecule has 0 aromatic heterocycles. The fourth-order valence-electron chi connectivity index (χ4n) is 3.52. The third-order valence-electron chi connectivity index (χ3n) is 4.58. The van der Waals surface area contributed by atoms with Gasteiger partial charge in [0.05, 0.1) is 6.10 Å². The van der Waals surface area contributed by atoms with E-state index >= 15 is 0 Å². The summed E-state index contributed by atoms with van der Waals surface area (Å²) in [6.45, 7) is 5.60. The SMILES string of the molecule is CCCC1CC(NC(C)C2CCCC2)CCO1. The van der Waals surface area contributed by atoms with Crippen LogP contribution in [0.5, 0.6) is 0 Å². The van der Waals surface area contributed by atoms with E-state index in [1.807, 2.05) is 0 Å². The summed E-state index contributed by atoms with van der Waals surface area (Å²) in [5.41, 5.74) is 0. The van der Waals surface area contributed by atoms with Gasteiger partial charge in [0.25, 0.3) is 0 Å². The molecule has 2 heteroatoms. The molecule has 2 rings (SSSR count). The van der Waals surface area contributed by atoms with Crippen LogP contribution in [0.3, 0.4) is 0 Å². The van der Waals surface area contributed by atoms with Gasteiger partial charge in [-0.15, -0.1) is 0 Å². The van der Waals surface area contributed by atoms with Crippen molar-refractivity contribution in [1.29, 1.82) is 0 Å². The zero-order valence-electron chi connectivity index (χ0n) is 11.6. The van der Waals surface area contributed by atoms with E-state index in [1.165, 1.54) is 51.4 Å². The maximum Gasteiger partial charge on any atom is 0.0589 e. The van der Waals surface area contributed by atoms with Crippen molar-refractivity contribution in [1.82, 2.24) is 5.32 Å². The topological polar surface area (TPSA) is 21.3 Å². The van der Waals surface area contributed by atoms with Gasteiger partial charge in [0, 0.05) is 18.7 Å². The molecule has 1 heterocycles. The van der Waals surface area contributed by atoms with Crippen LogP contribution in [0.15, 0.2) is 0 Å². The van der Waals surface area contributed by atoms with Crippen LogP contribution in [0.2, 0.25) is 0 Å². The predicted octanol–water partition coefficient (Wildman–Crippen LogP) is 3.50. The van der Waals surface area contributed by atoms with Gasteiger partial charge in [-0.05, 0) is 44.9 Å². The number of ether oxygens (including phenoxy) is 1. The monoisotopic (exact) mass is 239 g/mol. The normalized spacial score (nSPS) is 32.8. The molecule has 0 bridgehead atoms. The molecule has 2 fully saturated rings. The molecule has 0 radical (unpaired) electrons. The molecule has 3 unspecified atom stereocenters. The number of nitrogens with one attached hydrogen (secondary N) is 1. The van der Waals surface area contributed by atoms with Gasteiger partial charge < -0.3 is 10.1 Å². The summed E-state index contributed by atoms with van der Waals surface area (Å²) in [4.78, 5) is 0. The van der Waals surface area contributed by atoms with E-state index in [1.54, 1.807) is 0 Å². The lowest BCUT2D eigenvalue weighted by Crippen LogP contribution is -2.45. The second-order valence-corrected chi connectivity index (χ2v) is 6.00. The minimum absolute atomic E-state index is 0.516. The standard InChI is InChI=1S/C15H29NO/c1-3-6-15-11-14(9-10-17-15)16-12(2)13-7-4-5-8-13/h12-16H,3-11H2,1-2H3. The van der Waals surface area contributed by atoms with Crippen molar-refractivity contribution in [2.24, 2.45) is 5.92 Å². The maximum atomic E-state index is 5.82. The first-order valence-corrected chi connectivity index (χ1v) is 7.67. The molecule has 2 aliphatic rings. The van der Waals surface area contributed by atoms with Crippen LogP contribution in [0, 0.1) is 5.92 Å². The van der Waals surface area contributed by atoms with Crippen molar-refractivity contribution < 1.29 is 4.74 Å². The molecule has 2 nitrogen and oxygen atoms in total. The largest absolute Gasteiger partial charge is 0.378 e. The Morgan fingerprint density at radius 3 is 2.71 bits per heavy atom. The van der Waals surface area contributed by atoms with Crippen molar-refractivity contribution in [3.8, 4) is 0 Å². The fraction of sp³-hybridized carbons (Fsp3) is 1.00. The van der Waals surface area contributed by atoms with E-state index in [4.69, 9.17) is 4.74 Å². The van der Waals surface area contributed by atoms with Gasteiger partial charge in [-0.2, -0.15) is 0 Å². The third-order valence-corrected chi connectivity index (χ3v) is 4.58. The molecular weight excluding hydrogens is 210 g/mol. The average Bonchev–Trinajstić information content (AvgIpc) is 2.83. The highest BCUT2D eigenvalue weighted by atomic mass is 16.5. The lowest BCUT2D eigenvalue weighted by Gasteiger charge is -2.33. The smallest absolute Gasteiger partial charge is 0.0589 e. The van der Waals surface area contributed by atoms with E-state index in [2.05, 4.69) is 19.2 Å². The molecule has 1 aliphatic heterocycles. The van der Waals surface area contributed by atoms with Crippen molar-refractivity contribution in [2.75, 3.05) is 6.61 Å². The zero-order chi connectivity index (χ0) is 12.1. The van der Waals surface area contributed by atoms with E-state index in [-0.39, 0.29) is 0 Å². The van der Waals surface area contributed by atoms with Crippen LogP contribution >= 0.6 is 0 Å². The molecule has 17 heavy (non-hydrogen) atoms. The molecule has 0 aromatic carbocycles. The first-order chi connectivity index (χ1) is 8.29. The Bertz CT molecular complexity index is 211. The Morgan fingerprint density at radius 1 is 1.24 bits per heavy atom. The molecule has 1 saturated carbocycles. The summed E-state index contributed by atoms with van der Waals surface area (Å²) < 4.78 is 5.82. The Labute approximate surface area is 107 Å². The van der Waals surface area contributed by atoms with Crippen LogP contribution in [0.4, 0.5) is 0 Å².